The molecular weight excluding hydrogens is 450 g/mol. The maximum Gasteiger partial charge on any atom is 0.115 e. The zero-order valence-electron chi connectivity index (χ0n) is 20.0. The van der Waals surface area contributed by atoms with Crippen LogP contribution < -0.4 is 0 Å². The lowest BCUT2D eigenvalue weighted by atomic mass is 9.61. The molecule has 0 atom stereocenters. The first-order valence-corrected chi connectivity index (χ1v) is 12.6. The zero-order chi connectivity index (χ0) is 24.6. The van der Waals surface area contributed by atoms with E-state index < -0.39 is 5.41 Å². The fourth-order valence-corrected chi connectivity index (χ4v) is 6.97. The second-order valence-corrected chi connectivity index (χ2v) is 9.88. The minimum Gasteiger partial charge on any atom is -0.145 e. The molecule has 0 radical (unpaired) electrons. The molecule has 1 spiro atoms. The lowest BCUT2D eigenvalue weighted by Gasteiger charge is -2.40. The van der Waals surface area contributed by atoms with E-state index in [2.05, 4.69) is 108 Å². The smallest absolute Gasteiger partial charge is 0.115 e. The Bertz CT molecular complexity index is 1870. The molecule has 0 fully saturated rings. The Hall–Kier alpha value is -4.82. The van der Waals surface area contributed by atoms with Crippen LogP contribution in [-0.4, -0.2) is 0 Å². The van der Waals surface area contributed by atoms with E-state index in [1.54, 1.807) is 6.07 Å². The van der Waals surface area contributed by atoms with Crippen molar-refractivity contribution < 1.29 is 0 Å². The summed E-state index contributed by atoms with van der Waals surface area (Å²) < 4.78 is 0. The summed E-state index contributed by atoms with van der Waals surface area (Å²) in [5.74, 6) is 0. The van der Waals surface area contributed by atoms with Crippen LogP contribution in [0.25, 0.3) is 44.2 Å². The molecule has 2 aliphatic rings. The lowest BCUT2D eigenvalue weighted by Crippen LogP contribution is -2.31. The molecule has 6 aromatic rings. The van der Waals surface area contributed by atoms with Crippen LogP contribution in [0.1, 0.15) is 22.3 Å². The van der Waals surface area contributed by atoms with E-state index in [0.29, 0.717) is 5.69 Å². The molecule has 0 unspecified atom stereocenters. The Labute approximate surface area is 214 Å². The number of rotatable bonds is 2. The monoisotopic (exact) mass is 471 g/mol. The van der Waals surface area contributed by atoms with Gasteiger partial charge in [-0.25, -0.2) is 0 Å². The van der Waals surface area contributed by atoms with Crippen LogP contribution in [0.4, 0.5) is 5.69 Å². The van der Waals surface area contributed by atoms with Gasteiger partial charge in [0.05, 0.1) is 5.41 Å². The molecule has 172 valence electrons. The van der Waals surface area contributed by atoms with Crippen LogP contribution in [0.15, 0.2) is 133 Å². The number of nitroso groups, excluding NO2 is 1. The minimum absolute atomic E-state index is 0.419. The highest BCUT2D eigenvalue weighted by Crippen LogP contribution is 2.62. The number of hydrogen-bond donors (Lipinski definition) is 0. The first-order valence-electron chi connectivity index (χ1n) is 12.6. The van der Waals surface area contributed by atoms with Gasteiger partial charge in [0.2, 0.25) is 0 Å². The van der Waals surface area contributed by atoms with Crippen LogP contribution in [-0.2, 0) is 5.41 Å². The summed E-state index contributed by atoms with van der Waals surface area (Å²) in [6.07, 6.45) is 0. The van der Waals surface area contributed by atoms with Gasteiger partial charge < -0.3 is 0 Å². The van der Waals surface area contributed by atoms with Crippen LogP contribution in [0.2, 0.25) is 0 Å². The normalized spacial score (nSPS) is 13.7. The van der Waals surface area contributed by atoms with Crippen LogP contribution in [0, 0.1) is 4.91 Å². The zero-order valence-corrected chi connectivity index (χ0v) is 20.0. The highest BCUT2D eigenvalue weighted by Gasteiger charge is 2.49. The molecule has 0 amide bonds. The average Bonchev–Trinajstić information content (AvgIpc) is 3.27. The predicted octanol–water partition coefficient (Wildman–Crippen LogP) is 9.25. The van der Waals surface area contributed by atoms with Crippen molar-refractivity contribution >= 4 is 16.5 Å². The Morgan fingerprint density at radius 3 is 1.51 bits per heavy atom. The van der Waals surface area contributed by atoms with Gasteiger partial charge in [-0.15, -0.1) is 4.91 Å². The summed E-state index contributed by atoms with van der Waals surface area (Å²) in [7, 11) is 0. The number of fused-ring (bicyclic) bond motifs is 9. The van der Waals surface area contributed by atoms with Gasteiger partial charge in [-0.3, -0.25) is 0 Å². The molecule has 0 saturated heterocycles. The minimum atomic E-state index is -0.419. The molecule has 0 heterocycles. The summed E-state index contributed by atoms with van der Waals surface area (Å²) in [6.45, 7) is 0. The van der Waals surface area contributed by atoms with Gasteiger partial charge in [0, 0.05) is 5.56 Å². The highest BCUT2D eigenvalue weighted by atomic mass is 16.3. The predicted molar refractivity (Wildman–Crippen MR) is 151 cm³/mol. The molecule has 0 saturated carbocycles. The van der Waals surface area contributed by atoms with Gasteiger partial charge in [-0.2, -0.15) is 0 Å². The Kier molecular flexibility index (Phi) is 4.05. The SMILES string of the molecule is O=Nc1ccccc1-c1ccc2c3c(cccc13)C1(c3ccccc3-c3ccccc31)c1ccccc1-2. The van der Waals surface area contributed by atoms with Crippen molar-refractivity contribution in [2.24, 2.45) is 5.18 Å². The highest BCUT2D eigenvalue weighted by molar-refractivity contribution is 6.12. The third-order valence-electron chi connectivity index (χ3n) is 8.31. The van der Waals surface area contributed by atoms with Gasteiger partial charge in [0.1, 0.15) is 5.69 Å². The quantitative estimate of drug-likeness (QED) is 0.231. The molecule has 8 rings (SSSR count). The molecule has 2 aliphatic carbocycles. The number of hydrogen-bond acceptors (Lipinski definition) is 2. The first-order chi connectivity index (χ1) is 18.3. The van der Waals surface area contributed by atoms with Gasteiger partial charge in [-0.1, -0.05) is 121 Å². The molecule has 2 heteroatoms. The Balaban J connectivity index is 1.59. The fraction of sp³-hybridized carbons (Fsp3) is 0.0286. The first kappa shape index (κ1) is 20.4. The van der Waals surface area contributed by atoms with E-state index >= 15 is 0 Å². The van der Waals surface area contributed by atoms with Crippen molar-refractivity contribution in [2.75, 3.05) is 0 Å². The van der Waals surface area contributed by atoms with E-state index in [-0.39, 0.29) is 0 Å². The standard InChI is InChI=1S/C35H21NO/c37-36-33-19-8-4-13-26(33)22-20-21-28-25-12-3-7-17-31(25)35(32-18-9-14-27(22)34(28)32)29-15-5-1-10-23(29)24-11-2-6-16-30(24)35/h1-21H. The van der Waals surface area contributed by atoms with Gasteiger partial charge >= 0.3 is 0 Å². The molecule has 0 bridgehead atoms. The number of benzene rings is 6. The fourth-order valence-electron chi connectivity index (χ4n) is 6.97. The summed E-state index contributed by atoms with van der Waals surface area (Å²) >= 11 is 0. The average molecular weight is 472 g/mol. The van der Waals surface area contributed by atoms with E-state index in [1.807, 2.05) is 18.2 Å². The van der Waals surface area contributed by atoms with E-state index in [1.165, 1.54) is 49.9 Å². The van der Waals surface area contributed by atoms with Crippen molar-refractivity contribution in [3.8, 4) is 33.4 Å². The molecule has 0 N–H and O–H groups in total. The van der Waals surface area contributed by atoms with Crippen LogP contribution >= 0.6 is 0 Å². The summed E-state index contributed by atoms with van der Waals surface area (Å²) in [6, 6.07) is 45.2. The molecule has 37 heavy (non-hydrogen) atoms. The van der Waals surface area contributed by atoms with Gasteiger partial charge in [-0.05, 0) is 72.1 Å². The van der Waals surface area contributed by atoms with Crippen LogP contribution in [0.3, 0.4) is 0 Å². The van der Waals surface area contributed by atoms with E-state index in [9.17, 15) is 4.91 Å². The van der Waals surface area contributed by atoms with Crippen molar-refractivity contribution in [3.63, 3.8) is 0 Å². The number of nitrogens with zero attached hydrogens (tertiary/aromatic N) is 1. The second kappa shape index (κ2) is 7.35. The van der Waals surface area contributed by atoms with Gasteiger partial charge in [0.15, 0.2) is 0 Å². The maximum absolute atomic E-state index is 11.7. The second-order valence-electron chi connectivity index (χ2n) is 9.88. The van der Waals surface area contributed by atoms with Crippen molar-refractivity contribution in [1.29, 1.82) is 0 Å². The molecule has 6 aromatic carbocycles. The third-order valence-corrected chi connectivity index (χ3v) is 8.31. The Morgan fingerprint density at radius 1 is 0.405 bits per heavy atom. The topological polar surface area (TPSA) is 29.4 Å². The van der Waals surface area contributed by atoms with Crippen molar-refractivity contribution in [1.82, 2.24) is 0 Å². The maximum atomic E-state index is 11.7. The molecular formula is C35H21NO. The Morgan fingerprint density at radius 2 is 0.892 bits per heavy atom. The summed E-state index contributed by atoms with van der Waals surface area (Å²) in [5.41, 5.74) is 12.3. The summed E-state index contributed by atoms with van der Waals surface area (Å²) in [5, 5.41) is 5.73. The van der Waals surface area contributed by atoms with Crippen molar-refractivity contribution in [2.45, 2.75) is 5.41 Å². The van der Waals surface area contributed by atoms with E-state index in [4.69, 9.17) is 0 Å². The lowest BCUT2D eigenvalue weighted by molar-refractivity contribution is 0.773. The van der Waals surface area contributed by atoms with Crippen LogP contribution in [0.5, 0.6) is 0 Å². The molecule has 0 aromatic heterocycles. The third kappa shape index (κ3) is 2.45. The van der Waals surface area contributed by atoms with Gasteiger partial charge in [0.25, 0.3) is 0 Å². The molecule has 2 nitrogen and oxygen atoms in total. The van der Waals surface area contributed by atoms with E-state index in [0.717, 1.165) is 16.5 Å². The summed E-state index contributed by atoms with van der Waals surface area (Å²) in [4.78, 5) is 11.7. The van der Waals surface area contributed by atoms with Crippen molar-refractivity contribution in [3.05, 3.63) is 155 Å². The molecule has 0 aliphatic heterocycles. The largest absolute Gasteiger partial charge is 0.145 e.